The Hall–Kier alpha value is -2.56. The first-order valence-corrected chi connectivity index (χ1v) is 10.5. The van der Waals surface area contributed by atoms with Gasteiger partial charge in [0.05, 0.1) is 13.1 Å². The lowest BCUT2D eigenvalue weighted by molar-refractivity contribution is -0.135. The average molecular weight is 444 g/mol. The number of carboxylic acid groups (broad SMARTS) is 1. The smallest absolute Gasteiger partial charge is 0.317 e. The van der Waals surface area contributed by atoms with E-state index in [1.54, 1.807) is 0 Å². The molecule has 0 saturated carbocycles. The van der Waals surface area contributed by atoms with E-state index in [9.17, 15) is 19.2 Å². The molecular weight excluding hydrogens is 402 g/mol. The molecule has 180 valence electrons. The molecule has 10 heteroatoms. The number of aliphatic carboxylic acids is 1. The lowest BCUT2D eigenvalue weighted by Gasteiger charge is -2.02. The number of ketones is 1. The van der Waals surface area contributed by atoms with Crippen molar-refractivity contribution in [3.63, 3.8) is 0 Å². The number of amides is 2. The maximum Gasteiger partial charge on any atom is 0.317 e. The molecule has 0 rings (SSSR count). The zero-order valence-electron chi connectivity index (χ0n) is 18.9. The molecule has 10 nitrogen and oxygen atoms in total. The molecule has 2 amide bonds. The van der Waals surface area contributed by atoms with E-state index in [0.717, 1.165) is 12.8 Å². The van der Waals surface area contributed by atoms with Gasteiger partial charge in [0, 0.05) is 38.9 Å². The Morgan fingerprint density at radius 1 is 0.774 bits per heavy atom. The molecule has 0 aromatic heterocycles. The molecule has 9 N–H and O–H groups in total. The van der Waals surface area contributed by atoms with Gasteiger partial charge in [0.15, 0.2) is 5.78 Å². The fourth-order valence-corrected chi connectivity index (χ4v) is 1.73. The van der Waals surface area contributed by atoms with Crippen LogP contribution in [0.4, 0.5) is 0 Å². The summed E-state index contributed by atoms with van der Waals surface area (Å²) in [6, 6.07) is 0. The van der Waals surface area contributed by atoms with E-state index in [0.29, 0.717) is 45.3 Å². The molecular formula is C21H41N5O5. The normalized spacial score (nSPS) is 9.97. The maximum absolute atomic E-state index is 11.5. The maximum atomic E-state index is 11.5. The van der Waals surface area contributed by atoms with Crippen molar-refractivity contribution in [2.24, 2.45) is 17.2 Å². The third-order valence-corrected chi connectivity index (χ3v) is 3.22. The molecule has 0 atom stereocenters. The topological polar surface area (TPSA) is 191 Å². The SMILES string of the molecule is CCCC(=O)NC/C=C/CCC(=O)CNC(=O)CCC.NC/C=C/CN.NCC(=O)O. The number of rotatable bonds is 14. The highest BCUT2D eigenvalue weighted by Gasteiger charge is 2.03. The lowest BCUT2D eigenvalue weighted by Crippen LogP contribution is -2.28. The molecule has 0 fully saturated rings. The zero-order valence-corrected chi connectivity index (χ0v) is 18.9. The minimum absolute atomic E-state index is 0.0223. The summed E-state index contributed by atoms with van der Waals surface area (Å²) in [6.45, 7) is 5.40. The van der Waals surface area contributed by atoms with Gasteiger partial charge >= 0.3 is 5.97 Å². The molecule has 0 aromatic rings. The molecule has 0 saturated heterocycles. The number of carbonyl (C=O) groups excluding carboxylic acids is 3. The standard InChI is InChI=1S/C15H26N2O3.C4H10N2.C2H5NO2/c1-3-8-14(19)16-11-7-5-6-10-13(18)12-17-15(20)9-4-2;5-3-1-2-4-6;3-1-2(4)5/h5,7H,3-4,6,8-12H2,1-2H3,(H,16,19)(H,17,20);1-2H,3-6H2;1,3H2,(H,4,5)/b7-5+;2-1+;. The summed E-state index contributed by atoms with van der Waals surface area (Å²) < 4.78 is 0. The van der Waals surface area contributed by atoms with Crippen molar-refractivity contribution in [1.82, 2.24) is 10.6 Å². The Labute approximate surface area is 185 Å². The number of allylic oxidation sites excluding steroid dienone is 1. The second kappa shape index (κ2) is 27.4. The van der Waals surface area contributed by atoms with Crippen LogP contribution in [0.25, 0.3) is 0 Å². The summed E-state index contributed by atoms with van der Waals surface area (Å²) in [4.78, 5) is 43.0. The highest BCUT2D eigenvalue weighted by atomic mass is 16.4. The highest BCUT2D eigenvalue weighted by molar-refractivity contribution is 5.86. The van der Waals surface area contributed by atoms with Crippen LogP contribution in [0, 0.1) is 0 Å². The third kappa shape index (κ3) is 35.3. The quantitative estimate of drug-likeness (QED) is 0.205. The van der Waals surface area contributed by atoms with Gasteiger partial charge in [0.2, 0.25) is 11.8 Å². The Kier molecular flexibility index (Phi) is 29.3. The Bertz CT molecular complexity index is 530. The van der Waals surface area contributed by atoms with Gasteiger partial charge in [-0.05, 0) is 19.3 Å². The van der Waals surface area contributed by atoms with Crippen molar-refractivity contribution in [2.75, 3.05) is 32.7 Å². The minimum atomic E-state index is -0.968. The monoisotopic (exact) mass is 443 g/mol. The molecule has 0 radical (unpaired) electrons. The molecule has 0 aliphatic rings. The van der Waals surface area contributed by atoms with Crippen molar-refractivity contribution >= 4 is 23.6 Å². The van der Waals surface area contributed by atoms with Crippen molar-refractivity contribution < 1.29 is 24.3 Å². The first kappa shape index (κ1) is 33.1. The minimum Gasteiger partial charge on any atom is -0.480 e. The van der Waals surface area contributed by atoms with Crippen LogP contribution in [0.1, 0.15) is 52.4 Å². The average Bonchev–Trinajstić information content (AvgIpc) is 2.74. The number of hydrogen-bond donors (Lipinski definition) is 6. The molecule has 0 heterocycles. The predicted octanol–water partition coefficient (Wildman–Crippen LogP) is 0.214. The fraction of sp³-hybridized carbons (Fsp3) is 0.619. The number of carboxylic acids is 1. The van der Waals surface area contributed by atoms with Gasteiger partial charge in [0.25, 0.3) is 0 Å². The number of Topliss-reactive ketones (excluding diaryl/α,β-unsaturated/α-hetero) is 1. The second-order valence-electron chi connectivity index (χ2n) is 6.17. The van der Waals surface area contributed by atoms with Crippen LogP contribution in [0.3, 0.4) is 0 Å². The van der Waals surface area contributed by atoms with E-state index in [2.05, 4.69) is 16.4 Å². The number of nitrogens with one attached hydrogen (secondary N) is 2. The van der Waals surface area contributed by atoms with Gasteiger partial charge in [-0.3, -0.25) is 19.2 Å². The molecule has 0 unspecified atom stereocenters. The van der Waals surface area contributed by atoms with Crippen LogP contribution >= 0.6 is 0 Å². The van der Waals surface area contributed by atoms with E-state index in [-0.39, 0.29) is 30.7 Å². The fourth-order valence-electron chi connectivity index (χ4n) is 1.73. The van der Waals surface area contributed by atoms with Crippen molar-refractivity contribution in [3.05, 3.63) is 24.3 Å². The summed E-state index contributed by atoms with van der Waals surface area (Å²) in [7, 11) is 0. The molecule has 0 aromatic carbocycles. The van der Waals surface area contributed by atoms with E-state index in [1.807, 2.05) is 38.2 Å². The van der Waals surface area contributed by atoms with Crippen LogP contribution in [0.5, 0.6) is 0 Å². The van der Waals surface area contributed by atoms with Crippen LogP contribution in [-0.4, -0.2) is 61.4 Å². The van der Waals surface area contributed by atoms with Gasteiger partial charge in [-0.1, -0.05) is 38.2 Å². The van der Waals surface area contributed by atoms with Gasteiger partial charge in [-0.2, -0.15) is 0 Å². The van der Waals surface area contributed by atoms with Gasteiger partial charge in [-0.15, -0.1) is 0 Å². The summed E-state index contributed by atoms with van der Waals surface area (Å²) in [5.41, 5.74) is 14.7. The van der Waals surface area contributed by atoms with E-state index < -0.39 is 5.97 Å². The Balaban J connectivity index is -0.000000583. The van der Waals surface area contributed by atoms with Crippen LogP contribution in [0.2, 0.25) is 0 Å². The third-order valence-electron chi connectivity index (χ3n) is 3.22. The first-order chi connectivity index (χ1) is 14.8. The van der Waals surface area contributed by atoms with Crippen molar-refractivity contribution in [1.29, 1.82) is 0 Å². The number of carbonyl (C=O) groups is 4. The van der Waals surface area contributed by atoms with Crippen LogP contribution in [0.15, 0.2) is 24.3 Å². The largest absolute Gasteiger partial charge is 0.480 e. The molecule has 31 heavy (non-hydrogen) atoms. The van der Waals surface area contributed by atoms with E-state index >= 15 is 0 Å². The van der Waals surface area contributed by atoms with E-state index in [1.165, 1.54) is 0 Å². The zero-order chi connectivity index (χ0) is 24.3. The summed E-state index contributed by atoms with van der Waals surface area (Å²) in [5.74, 6) is -0.971. The summed E-state index contributed by atoms with van der Waals surface area (Å²) in [6.07, 6.45) is 11.1. The molecule has 0 aliphatic heterocycles. The Morgan fingerprint density at radius 2 is 1.26 bits per heavy atom. The number of nitrogens with two attached hydrogens (primary N) is 3. The summed E-state index contributed by atoms with van der Waals surface area (Å²) in [5, 5.41) is 13.0. The van der Waals surface area contributed by atoms with Crippen LogP contribution < -0.4 is 27.8 Å². The molecule has 0 aliphatic carbocycles. The van der Waals surface area contributed by atoms with Crippen LogP contribution in [-0.2, 0) is 19.2 Å². The molecule has 0 spiro atoms. The lowest BCUT2D eigenvalue weighted by atomic mass is 10.2. The van der Waals surface area contributed by atoms with Gasteiger partial charge in [0.1, 0.15) is 0 Å². The number of hydrogen-bond acceptors (Lipinski definition) is 7. The second-order valence-corrected chi connectivity index (χ2v) is 6.17. The summed E-state index contributed by atoms with van der Waals surface area (Å²) >= 11 is 0. The van der Waals surface area contributed by atoms with Gasteiger partial charge in [-0.25, -0.2) is 0 Å². The van der Waals surface area contributed by atoms with E-state index in [4.69, 9.17) is 16.6 Å². The van der Waals surface area contributed by atoms with Crippen molar-refractivity contribution in [3.8, 4) is 0 Å². The van der Waals surface area contributed by atoms with Crippen molar-refractivity contribution in [2.45, 2.75) is 52.4 Å². The highest BCUT2D eigenvalue weighted by Crippen LogP contribution is 1.93. The molecule has 0 bridgehead atoms. The predicted molar refractivity (Wildman–Crippen MR) is 123 cm³/mol. The van der Waals surface area contributed by atoms with Gasteiger partial charge < -0.3 is 32.9 Å². The Morgan fingerprint density at radius 3 is 1.68 bits per heavy atom. The first-order valence-electron chi connectivity index (χ1n) is 10.5.